The van der Waals surface area contributed by atoms with Gasteiger partial charge < -0.3 is 10.1 Å². The third-order valence-corrected chi connectivity index (χ3v) is 4.02. The Balaban J connectivity index is 2.59. The molecule has 0 saturated heterocycles. The number of nitrogens with one attached hydrogen (secondary N) is 1. The first kappa shape index (κ1) is 23.6. The second kappa shape index (κ2) is 8.23. The lowest BCUT2D eigenvalue weighted by atomic mass is 10.0. The van der Waals surface area contributed by atoms with E-state index in [9.17, 15) is 50.8 Å². The number of benzene rings is 1. The molecule has 1 atom stereocenters. The van der Waals surface area contributed by atoms with Crippen LogP contribution in [0.25, 0.3) is 10.9 Å². The van der Waals surface area contributed by atoms with Crippen molar-refractivity contribution in [2.45, 2.75) is 24.8 Å². The average molecular weight is 455 g/mol. The van der Waals surface area contributed by atoms with Crippen molar-refractivity contribution < 1.29 is 50.4 Å². The molecule has 0 unspecified atom stereocenters. The molecule has 0 spiro atoms. The average Bonchev–Trinajstić information content (AvgIpc) is 3.02. The van der Waals surface area contributed by atoms with Crippen molar-refractivity contribution in [2.24, 2.45) is 0 Å². The number of non-ortho nitro benzene ring substituents is 1. The number of alkyl halides is 6. The van der Waals surface area contributed by atoms with E-state index in [1.807, 2.05) is 0 Å². The number of rotatable bonds is 5. The summed E-state index contributed by atoms with van der Waals surface area (Å²) in [6.45, 7) is 0. The summed E-state index contributed by atoms with van der Waals surface area (Å²) in [7, 11) is 0.800. The van der Waals surface area contributed by atoms with Crippen LogP contribution in [-0.4, -0.2) is 52.8 Å². The predicted octanol–water partition coefficient (Wildman–Crippen LogP) is 2.51. The number of carbonyl (C=O) groups is 3. The SMILES string of the molecule is COC(=O)[C@H](Cc1cn(C(=O)C(F)(F)F)c2cc([N+](=O)[O-])ccc12)NC(=O)C(F)(F)F. The number of halogens is 6. The minimum absolute atomic E-state index is 0.0254. The third-order valence-electron chi connectivity index (χ3n) is 4.02. The highest BCUT2D eigenvalue weighted by Gasteiger charge is 2.42. The zero-order valence-corrected chi connectivity index (χ0v) is 15.2. The van der Waals surface area contributed by atoms with Crippen molar-refractivity contribution in [1.29, 1.82) is 0 Å². The summed E-state index contributed by atoms with van der Waals surface area (Å²) in [5.74, 6) is -6.28. The molecule has 168 valence electrons. The molecule has 31 heavy (non-hydrogen) atoms. The first-order valence-corrected chi connectivity index (χ1v) is 8.02. The summed E-state index contributed by atoms with van der Waals surface area (Å²) in [5, 5.41) is 12.1. The highest BCUT2D eigenvalue weighted by Crippen LogP contribution is 2.30. The largest absolute Gasteiger partial charge is 0.472 e. The summed E-state index contributed by atoms with van der Waals surface area (Å²) < 4.78 is 80.7. The van der Waals surface area contributed by atoms with Gasteiger partial charge in [0.15, 0.2) is 0 Å². The van der Waals surface area contributed by atoms with E-state index in [1.54, 1.807) is 0 Å². The highest BCUT2D eigenvalue weighted by molar-refractivity contribution is 5.98. The van der Waals surface area contributed by atoms with E-state index in [2.05, 4.69) is 4.74 Å². The Morgan fingerprint density at radius 1 is 1.16 bits per heavy atom. The first-order valence-electron chi connectivity index (χ1n) is 8.02. The summed E-state index contributed by atoms with van der Waals surface area (Å²) in [5.41, 5.74) is -1.51. The molecule has 0 radical (unpaired) electrons. The van der Waals surface area contributed by atoms with Gasteiger partial charge in [-0.3, -0.25) is 24.3 Å². The summed E-state index contributed by atoms with van der Waals surface area (Å²) in [6.07, 6.45) is -11.0. The summed E-state index contributed by atoms with van der Waals surface area (Å²) >= 11 is 0. The standard InChI is InChI=1S/C16H11F6N3O6/c1-31-12(26)10(23-13(27)15(17,18)19)4-7-6-24(14(28)16(20,21)22)11-5-8(25(29)30)2-3-9(7)11/h2-3,5-6,10H,4H2,1H3,(H,23,27)/t10-/m0/s1. The van der Waals surface area contributed by atoms with Gasteiger partial charge in [-0.2, -0.15) is 26.3 Å². The van der Waals surface area contributed by atoms with Gasteiger partial charge in [0.05, 0.1) is 17.5 Å². The van der Waals surface area contributed by atoms with Crippen LogP contribution in [0.15, 0.2) is 24.4 Å². The van der Waals surface area contributed by atoms with E-state index in [0.29, 0.717) is 12.3 Å². The van der Waals surface area contributed by atoms with Gasteiger partial charge in [0.1, 0.15) is 6.04 Å². The van der Waals surface area contributed by atoms with Crippen molar-refractivity contribution in [3.63, 3.8) is 0 Å². The van der Waals surface area contributed by atoms with Gasteiger partial charge >= 0.3 is 30.1 Å². The molecule has 1 aromatic carbocycles. The van der Waals surface area contributed by atoms with Crippen LogP contribution in [0.4, 0.5) is 32.0 Å². The van der Waals surface area contributed by atoms with Crippen molar-refractivity contribution in [3.8, 4) is 0 Å². The third kappa shape index (κ3) is 5.10. The van der Waals surface area contributed by atoms with Crippen LogP contribution in [0.5, 0.6) is 0 Å². The van der Waals surface area contributed by atoms with E-state index in [4.69, 9.17) is 0 Å². The van der Waals surface area contributed by atoms with Crippen molar-refractivity contribution in [1.82, 2.24) is 9.88 Å². The fraction of sp³-hybridized carbons (Fsp3) is 0.312. The highest BCUT2D eigenvalue weighted by atomic mass is 19.4. The lowest BCUT2D eigenvalue weighted by molar-refractivity contribution is -0.384. The monoisotopic (exact) mass is 455 g/mol. The van der Waals surface area contributed by atoms with Crippen LogP contribution >= 0.6 is 0 Å². The minimum Gasteiger partial charge on any atom is -0.467 e. The smallest absolute Gasteiger partial charge is 0.467 e. The molecular formula is C16H11F6N3O6. The molecule has 9 nitrogen and oxygen atoms in total. The number of ether oxygens (including phenoxy) is 1. The van der Waals surface area contributed by atoms with Crippen molar-refractivity contribution >= 4 is 34.4 Å². The van der Waals surface area contributed by atoms with Crippen molar-refractivity contribution in [3.05, 3.63) is 40.1 Å². The minimum atomic E-state index is -5.39. The number of methoxy groups -OCH3 is 1. The summed E-state index contributed by atoms with van der Waals surface area (Å²) in [4.78, 5) is 44.7. The first-order chi connectivity index (χ1) is 14.2. The van der Waals surface area contributed by atoms with Gasteiger partial charge in [-0.1, -0.05) is 0 Å². The van der Waals surface area contributed by atoms with E-state index >= 15 is 0 Å². The number of nitro benzene ring substituents is 1. The number of aromatic nitrogens is 1. The van der Waals surface area contributed by atoms with Gasteiger partial charge in [0.25, 0.3) is 5.69 Å². The lowest BCUT2D eigenvalue weighted by Crippen LogP contribution is -2.48. The van der Waals surface area contributed by atoms with Gasteiger partial charge in [-0.05, 0) is 11.6 Å². The lowest BCUT2D eigenvalue weighted by Gasteiger charge is -2.17. The van der Waals surface area contributed by atoms with E-state index in [-0.39, 0.29) is 15.5 Å². The number of esters is 1. The molecule has 15 heteroatoms. The molecule has 2 aromatic rings. The zero-order valence-electron chi connectivity index (χ0n) is 15.2. The number of nitro groups is 1. The number of fused-ring (bicyclic) bond motifs is 1. The van der Waals surface area contributed by atoms with Crippen molar-refractivity contribution in [2.75, 3.05) is 7.11 Å². The molecule has 2 rings (SSSR count). The molecule has 0 aliphatic heterocycles. The second-order valence-corrected chi connectivity index (χ2v) is 6.04. The maximum absolute atomic E-state index is 12.9. The summed E-state index contributed by atoms with van der Waals surface area (Å²) in [6, 6.07) is 0.525. The molecule has 0 bridgehead atoms. The Bertz CT molecular complexity index is 1060. The van der Waals surface area contributed by atoms with E-state index in [0.717, 1.165) is 19.2 Å². The number of carbonyl (C=O) groups excluding carboxylic acids is 3. The number of amides is 1. The zero-order chi connectivity index (χ0) is 23.7. The molecule has 1 heterocycles. The molecule has 0 saturated carbocycles. The Morgan fingerprint density at radius 3 is 2.26 bits per heavy atom. The van der Waals surface area contributed by atoms with Gasteiger partial charge in [0.2, 0.25) is 0 Å². The van der Waals surface area contributed by atoms with Crippen LogP contribution < -0.4 is 5.32 Å². The Labute approximate surface area is 167 Å². The molecule has 1 amide bonds. The second-order valence-electron chi connectivity index (χ2n) is 6.04. The Hall–Kier alpha value is -3.65. The molecule has 0 fully saturated rings. The van der Waals surface area contributed by atoms with Crippen LogP contribution in [0.3, 0.4) is 0 Å². The van der Waals surface area contributed by atoms with Crippen LogP contribution in [0.1, 0.15) is 10.4 Å². The van der Waals surface area contributed by atoms with Crippen LogP contribution in [0.2, 0.25) is 0 Å². The van der Waals surface area contributed by atoms with Crippen LogP contribution in [-0.2, 0) is 20.7 Å². The normalized spacial score (nSPS) is 13.0. The van der Waals surface area contributed by atoms with E-state index in [1.165, 1.54) is 5.32 Å². The Kier molecular flexibility index (Phi) is 6.28. The topological polar surface area (TPSA) is 121 Å². The fourth-order valence-electron chi connectivity index (χ4n) is 2.66. The molecular weight excluding hydrogens is 444 g/mol. The Morgan fingerprint density at radius 2 is 1.77 bits per heavy atom. The molecule has 0 aliphatic rings. The van der Waals surface area contributed by atoms with E-state index < -0.39 is 58.7 Å². The predicted molar refractivity (Wildman–Crippen MR) is 89.0 cm³/mol. The van der Waals surface area contributed by atoms with Crippen LogP contribution in [0, 0.1) is 10.1 Å². The quantitative estimate of drug-likeness (QED) is 0.320. The molecule has 1 N–H and O–H groups in total. The number of hydrogen-bond acceptors (Lipinski definition) is 6. The maximum Gasteiger partial charge on any atom is 0.472 e. The van der Waals surface area contributed by atoms with Gasteiger partial charge in [-0.15, -0.1) is 0 Å². The number of hydrogen-bond donors (Lipinski definition) is 1. The van der Waals surface area contributed by atoms with Gasteiger partial charge in [-0.25, -0.2) is 4.79 Å². The molecule has 1 aromatic heterocycles. The number of nitrogens with zero attached hydrogens (tertiary/aromatic N) is 2. The maximum atomic E-state index is 12.9. The molecule has 0 aliphatic carbocycles. The van der Waals surface area contributed by atoms with Gasteiger partial charge in [0, 0.05) is 30.1 Å². The fourth-order valence-corrected chi connectivity index (χ4v) is 2.66.